The largest absolute Gasteiger partial charge is 0.356 e. The first-order chi connectivity index (χ1) is 10.3. The highest BCUT2D eigenvalue weighted by atomic mass is 15.2. The molecule has 0 saturated carbocycles. The fourth-order valence-electron chi connectivity index (χ4n) is 2.82. The molecule has 0 amide bonds. The average Bonchev–Trinajstić information content (AvgIpc) is 2.53. The highest BCUT2D eigenvalue weighted by Gasteiger charge is 2.17. The fourth-order valence-corrected chi connectivity index (χ4v) is 2.82. The summed E-state index contributed by atoms with van der Waals surface area (Å²) in [5.41, 5.74) is 2.25. The van der Waals surface area contributed by atoms with E-state index in [1.807, 2.05) is 6.08 Å². The molecule has 3 rings (SSSR count). The highest BCUT2D eigenvalue weighted by Crippen LogP contribution is 2.28. The fraction of sp³-hybridized carbons (Fsp3) is 0.412. The van der Waals surface area contributed by atoms with Gasteiger partial charge in [0, 0.05) is 25.0 Å². The maximum absolute atomic E-state index is 4.76. The molecule has 0 atom stereocenters. The van der Waals surface area contributed by atoms with E-state index in [2.05, 4.69) is 46.9 Å². The van der Waals surface area contributed by atoms with Crippen molar-refractivity contribution in [2.24, 2.45) is 0 Å². The van der Waals surface area contributed by atoms with E-state index in [0.29, 0.717) is 12.5 Å². The molecule has 2 aromatic rings. The van der Waals surface area contributed by atoms with Crippen molar-refractivity contribution >= 4 is 22.7 Å². The van der Waals surface area contributed by atoms with Gasteiger partial charge in [0.15, 0.2) is 0 Å². The van der Waals surface area contributed by atoms with Crippen LogP contribution in [0.4, 0.5) is 11.8 Å². The number of benzene rings is 1. The van der Waals surface area contributed by atoms with Gasteiger partial charge in [-0.3, -0.25) is 0 Å². The molecule has 1 aliphatic rings. The third-order valence-electron chi connectivity index (χ3n) is 3.89. The van der Waals surface area contributed by atoms with Gasteiger partial charge >= 0.3 is 0 Å². The Labute approximate surface area is 125 Å². The number of nitrogens with one attached hydrogen (secondary N) is 1. The lowest BCUT2D eigenvalue weighted by molar-refractivity contribution is 0.575. The Bertz CT molecular complexity index is 645. The van der Waals surface area contributed by atoms with Gasteiger partial charge in [-0.15, -0.1) is 6.58 Å². The molecule has 110 valence electrons. The van der Waals surface area contributed by atoms with Crippen LogP contribution >= 0.6 is 0 Å². The molecule has 0 aliphatic carbocycles. The molecule has 1 saturated heterocycles. The average molecular weight is 282 g/mol. The van der Waals surface area contributed by atoms with Gasteiger partial charge in [-0.05, 0) is 38.3 Å². The lowest BCUT2D eigenvalue weighted by Gasteiger charge is -2.29. The van der Waals surface area contributed by atoms with Gasteiger partial charge in [-0.1, -0.05) is 17.7 Å². The van der Waals surface area contributed by atoms with E-state index >= 15 is 0 Å². The molecule has 1 fully saturated rings. The van der Waals surface area contributed by atoms with E-state index in [-0.39, 0.29) is 0 Å². The van der Waals surface area contributed by atoms with Gasteiger partial charge in [-0.2, -0.15) is 4.98 Å². The zero-order valence-corrected chi connectivity index (χ0v) is 12.6. The summed E-state index contributed by atoms with van der Waals surface area (Å²) in [5.74, 6) is 1.75. The van der Waals surface area contributed by atoms with Crippen LogP contribution in [0.2, 0.25) is 0 Å². The zero-order valence-electron chi connectivity index (χ0n) is 12.6. The number of fused-ring (bicyclic) bond motifs is 1. The Balaban J connectivity index is 2.08. The number of nitrogens with zero attached hydrogens (tertiary/aromatic N) is 3. The van der Waals surface area contributed by atoms with Crippen molar-refractivity contribution in [1.82, 2.24) is 9.97 Å². The van der Waals surface area contributed by atoms with Gasteiger partial charge in [-0.25, -0.2) is 4.98 Å². The zero-order chi connectivity index (χ0) is 14.7. The molecular weight excluding hydrogens is 260 g/mol. The first-order valence-corrected chi connectivity index (χ1v) is 7.66. The predicted molar refractivity (Wildman–Crippen MR) is 89.0 cm³/mol. The summed E-state index contributed by atoms with van der Waals surface area (Å²) in [6, 6.07) is 6.38. The Kier molecular flexibility index (Phi) is 4.04. The normalized spacial score (nSPS) is 15.2. The second kappa shape index (κ2) is 6.12. The number of hydrogen-bond donors (Lipinski definition) is 1. The summed E-state index contributed by atoms with van der Waals surface area (Å²) in [6.07, 6.45) is 5.63. The lowest BCUT2D eigenvalue weighted by Crippen LogP contribution is -2.30. The maximum atomic E-state index is 4.76. The quantitative estimate of drug-likeness (QED) is 0.871. The van der Waals surface area contributed by atoms with Crippen LogP contribution in [0, 0.1) is 6.92 Å². The first kappa shape index (κ1) is 13.9. The van der Waals surface area contributed by atoms with Crippen molar-refractivity contribution in [2.75, 3.05) is 29.9 Å². The Morgan fingerprint density at radius 1 is 1.24 bits per heavy atom. The van der Waals surface area contributed by atoms with Gasteiger partial charge in [0.05, 0.1) is 5.52 Å². The smallest absolute Gasteiger partial charge is 0.225 e. The van der Waals surface area contributed by atoms with E-state index in [1.54, 1.807) is 0 Å². The summed E-state index contributed by atoms with van der Waals surface area (Å²) < 4.78 is 0. The van der Waals surface area contributed by atoms with Crippen molar-refractivity contribution in [2.45, 2.75) is 26.2 Å². The van der Waals surface area contributed by atoms with Crippen molar-refractivity contribution in [3.8, 4) is 0 Å². The molecule has 0 unspecified atom stereocenters. The summed E-state index contributed by atoms with van der Waals surface area (Å²) >= 11 is 0. The number of aryl methyl sites for hydroxylation is 1. The minimum absolute atomic E-state index is 0.677. The van der Waals surface area contributed by atoms with Crippen LogP contribution in [0.1, 0.15) is 24.8 Å². The molecule has 0 radical (unpaired) electrons. The maximum Gasteiger partial charge on any atom is 0.225 e. The highest BCUT2D eigenvalue weighted by molar-refractivity contribution is 5.91. The molecule has 0 spiro atoms. The van der Waals surface area contributed by atoms with E-state index in [1.165, 1.54) is 24.8 Å². The number of rotatable bonds is 4. The van der Waals surface area contributed by atoms with Crippen LogP contribution in [0.25, 0.3) is 10.9 Å². The molecule has 1 aliphatic heterocycles. The number of aromatic nitrogens is 2. The van der Waals surface area contributed by atoms with Crippen LogP contribution in [-0.4, -0.2) is 29.6 Å². The minimum atomic E-state index is 0.677. The molecule has 0 bridgehead atoms. The molecule has 2 heterocycles. The predicted octanol–water partition coefficient (Wildman–Crippen LogP) is 3.53. The second-order valence-corrected chi connectivity index (χ2v) is 5.61. The number of hydrogen-bond acceptors (Lipinski definition) is 4. The van der Waals surface area contributed by atoms with Crippen molar-refractivity contribution < 1.29 is 0 Å². The number of piperidine rings is 1. The second-order valence-electron chi connectivity index (χ2n) is 5.61. The van der Waals surface area contributed by atoms with E-state index < -0.39 is 0 Å². The molecule has 21 heavy (non-hydrogen) atoms. The van der Waals surface area contributed by atoms with Gasteiger partial charge < -0.3 is 10.2 Å². The monoisotopic (exact) mass is 282 g/mol. The van der Waals surface area contributed by atoms with Crippen molar-refractivity contribution in [3.63, 3.8) is 0 Å². The van der Waals surface area contributed by atoms with Crippen LogP contribution < -0.4 is 10.2 Å². The Morgan fingerprint density at radius 3 is 2.81 bits per heavy atom. The number of anilines is 2. The van der Waals surface area contributed by atoms with E-state index in [0.717, 1.165) is 29.8 Å². The topological polar surface area (TPSA) is 41.1 Å². The summed E-state index contributed by atoms with van der Waals surface area (Å²) in [7, 11) is 0. The molecule has 4 heteroatoms. The summed E-state index contributed by atoms with van der Waals surface area (Å²) in [6.45, 7) is 8.69. The molecule has 4 nitrogen and oxygen atoms in total. The van der Waals surface area contributed by atoms with Crippen LogP contribution in [0.3, 0.4) is 0 Å². The van der Waals surface area contributed by atoms with Crippen molar-refractivity contribution in [3.05, 3.63) is 36.4 Å². The van der Waals surface area contributed by atoms with Gasteiger partial charge in [0.1, 0.15) is 5.82 Å². The summed E-state index contributed by atoms with van der Waals surface area (Å²) in [5, 5.41) is 4.37. The van der Waals surface area contributed by atoms with Gasteiger partial charge in [0.25, 0.3) is 0 Å². The van der Waals surface area contributed by atoms with E-state index in [4.69, 9.17) is 4.98 Å². The SMILES string of the molecule is C=CCNc1nc(N2CCCCC2)c2cc(C)ccc2n1. The third kappa shape index (κ3) is 2.99. The minimum Gasteiger partial charge on any atom is -0.356 e. The molecule has 1 N–H and O–H groups in total. The molecule has 1 aromatic carbocycles. The van der Waals surface area contributed by atoms with Gasteiger partial charge in [0.2, 0.25) is 5.95 Å². The Morgan fingerprint density at radius 2 is 2.05 bits per heavy atom. The van der Waals surface area contributed by atoms with Crippen molar-refractivity contribution in [1.29, 1.82) is 0 Å². The summed E-state index contributed by atoms with van der Waals surface area (Å²) in [4.78, 5) is 11.8. The molecule has 1 aromatic heterocycles. The van der Waals surface area contributed by atoms with Crippen LogP contribution in [0.5, 0.6) is 0 Å². The third-order valence-corrected chi connectivity index (χ3v) is 3.89. The lowest BCUT2D eigenvalue weighted by atomic mass is 10.1. The van der Waals surface area contributed by atoms with Crippen LogP contribution in [-0.2, 0) is 0 Å². The Hall–Kier alpha value is -2.10. The van der Waals surface area contributed by atoms with E-state index in [9.17, 15) is 0 Å². The standard InChI is InChI=1S/C17H22N4/c1-3-9-18-17-19-15-8-7-13(2)12-14(15)16(20-17)21-10-5-4-6-11-21/h3,7-8,12H,1,4-6,9-11H2,2H3,(H,18,19,20). The first-order valence-electron chi connectivity index (χ1n) is 7.66. The van der Waals surface area contributed by atoms with Crippen LogP contribution in [0.15, 0.2) is 30.9 Å². The molecular formula is C17H22N4.